The maximum Gasteiger partial charge on any atom is 0.271 e. The highest BCUT2D eigenvalue weighted by molar-refractivity contribution is 6.15. The van der Waals surface area contributed by atoms with Gasteiger partial charge >= 0.3 is 0 Å². The summed E-state index contributed by atoms with van der Waals surface area (Å²) in [4.78, 5) is 29.0. The van der Waals surface area contributed by atoms with Gasteiger partial charge in [0.25, 0.3) is 11.6 Å². The zero-order chi connectivity index (χ0) is 23.5. The number of non-ortho nitro benzene ring substituents is 1. The minimum atomic E-state index is -0.524. The fourth-order valence-electron chi connectivity index (χ4n) is 3.72. The molecular weight excluding hydrogens is 422 g/mol. The number of methoxy groups -OCH3 is 2. The van der Waals surface area contributed by atoms with Crippen LogP contribution in [-0.2, 0) is 0 Å². The van der Waals surface area contributed by atoms with E-state index in [1.54, 1.807) is 7.11 Å². The predicted molar refractivity (Wildman–Crippen MR) is 126 cm³/mol. The van der Waals surface area contributed by atoms with Gasteiger partial charge in [-0.05, 0) is 48.9 Å². The maximum absolute atomic E-state index is 13.5. The van der Waals surface area contributed by atoms with Gasteiger partial charge in [-0.1, -0.05) is 18.2 Å². The van der Waals surface area contributed by atoms with Gasteiger partial charge in [0.15, 0.2) is 0 Å². The van der Waals surface area contributed by atoms with E-state index in [1.807, 2.05) is 55.5 Å². The molecule has 0 aliphatic heterocycles. The number of nitrogens with one attached hydrogen (secondary N) is 1. The molecule has 8 heteroatoms. The van der Waals surface area contributed by atoms with Crippen LogP contribution in [0.4, 0.5) is 11.4 Å². The molecule has 8 nitrogen and oxygen atoms in total. The smallest absolute Gasteiger partial charge is 0.271 e. The number of hydrogen-bond donors (Lipinski definition) is 1. The van der Waals surface area contributed by atoms with Crippen LogP contribution in [0.25, 0.3) is 22.2 Å². The average Bonchev–Trinajstić information content (AvgIpc) is 2.83. The molecule has 0 aliphatic carbocycles. The summed E-state index contributed by atoms with van der Waals surface area (Å²) in [6.45, 7) is 1.83. The first-order valence-electron chi connectivity index (χ1n) is 10.1. The number of pyridine rings is 1. The SMILES string of the molecule is COc1ccc(-c2nc3ccccc3c(C(=O)Nc3cc([N+](=O)[O-])ccc3OC)c2C)cc1. The number of anilines is 1. The number of nitro benzene ring substituents is 1. The molecule has 0 saturated heterocycles. The lowest BCUT2D eigenvalue weighted by molar-refractivity contribution is -0.384. The molecule has 33 heavy (non-hydrogen) atoms. The second-order valence-corrected chi connectivity index (χ2v) is 7.30. The molecule has 1 amide bonds. The molecule has 1 N–H and O–H groups in total. The van der Waals surface area contributed by atoms with Crippen molar-refractivity contribution in [2.45, 2.75) is 6.92 Å². The van der Waals surface area contributed by atoms with Crippen molar-refractivity contribution in [1.82, 2.24) is 4.98 Å². The zero-order valence-electron chi connectivity index (χ0n) is 18.3. The summed E-state index contributed by atoms with van der Waals surface area (Å²) in [7, 11) is 3.03. The normalized spacial score (nSPS) is 10.6. The number of hydrogen-bond acceptors (Lipinski definition) is 6. The monoisotopic (exact) mass is 443 g/mol. The Hall–Kier alpha value is -4.46. The minimum absolute atomic E-state index is 0.152. The largest absolute Gasteiger partial charge is 0.497 e. The van der Waals surface area contributed by atoms with E-state index in [-0.39, 0.29) is 11.4 Å². The molecule has 0 aliphatic rings. The lowest BCUT2D eigenvalue weighted by Crippen LogP contribution is -2.16. The highest BCUT2D eigenvalue weighted by Crippen LogP contribution is 2.33. The number of benzene rings is 3. The summed E-state index contributed by atoms with van der Waals surface area (Å²) >= 11 is 0. The van der Waals surface area contributed by atoms with E-state index in [2.05, 4.69) is 5.32 Å². The highest BCUT2D eigenvalue weighted by atomic mass is 16.6. The minimum Gasteiger partial charge on any atom is -0.497 e. The molecule has 0 bridgehead atoms. The fourth-order valence-corrected chi connectivity index (χ4v) is 3.72. The number of rotatable bonds is 6. The van der Waals surface area contributed by atoms with Gasteiger partial charge < -0.3 is 14.8 Å². The summed E-state index contributed by atoms with van der Waals surface area (Å²) in [5.74, 6) is 0.618. The van der Waals surface area contributed by atoms with E-state index < -0.39 is 10.8 Å². The average molecular weight is 443 g/mol. The van der Waals surface area contributed by atoms with Crippen molar-refractivity contribution < 1.29 is 19.2 Å². The van der Waals surface area contributed by atoms with Crippen LogP contribution in [-0.4, -0.2) is 30.0 Å². The number of carbonyl (C=O) groups excluding carboxylic acids is 1. The maximum atomic E-state index is 13.5. The molecule has 0 spiro atoms. The van der Waals surface area contributed by atoms with Crippen molar-refractivity contribution in [3.63, 3.8) is 0 Å². The van der Waals surface area contributed by atoms with E-state index in [1.165, 1.54) is 25.3 Å². The number of amides is 1. The van der Waals surface area contributed by atoms with Gasteiger partial charge in [-0.25, -0.2) is 4.98 Å². The van der Waals surface area contributed by atoms with Crippen LogP contribution < -0.4 is 14.8 Å². The standard InChI is InChI=1S/C25H21N3O5/c1-15-23(25(29)27-21-14-17(28(30)31)10-13-22(21)33-3)19-6-4-5-7-20(19)26-24(15)16-8-11-18(32-2)12-9-16/h4-14H,1-3H3,(H,27,29). The van der Waals surface area contributed by atoms with Gasteiger partial charge in [-0.2, -0.15) is 0 Å². The Labute approximate surface area is 189 Å². The molecule has 0 fully saturated rings. The molecule has 0 radical (unpaired) electrons. The molecule has 1 aromatic heterocycles. The Morgan fingerprint density at radius 1 is 1.00 bits per heavy atom. The number of ether oxygens (including phenoxy) is 2. The van der Waals surface area contributed by atoms with Crippen molar-refractivity contribution >= 4 is 28.2 Å². The number of para-hydroxylation sites is 1. The quantitative estimate of drug-likeness (QED) is 0.317. The molecule has 0 atom stereocenters. The van der Waals surface area contributed by atoms with Crippen LogP contribution in [0.5, 0.6) is 11.5 Å². The van der Waals surface area contributed by atoms with Gasteiger partial charge in [0.2, 0.25) is 0 Å². The summed E-state index contributed by atoms with van der Waals surface area (Å²) < 4.78 is 10.5. The third-order valence-electron chi connectivity index (χ3n) is 5.37. The van der Waals surface area contributed by atoms with E-state index >= 15 is 0 Å². The van der Waals surface area contributed by atoms with Crippen molar-refractivity contribution in [1.29, 1.82) is 0 Å². The first kappa shape index (κ1) is 21.8. The van der Waals surface area contributed by atoms with Crippen LogP contribution in [0.15, 0.2) is 66.7 Å². The number of aromatic nitrogens is 1. The first-order valence-corrected chi connectivity index (χ1v) is 10.1. The van der Waals surface area contributed by atoms with Crippen molar-refractivity contribution in [2.75, 3.05) is 19.5 Å². The third kappa shape index (κ3) is 4.18. The number of fused-ring (bicyclic) bond motifs is 1. The fraction of sp³-hybridized carbons (Fsp3) is 0.120. The Bertz CT molecular complexity index is 1370. The van der Waals surface area contributed by atoms with Crippen LogP contribution in [0, 0.1) is 17.0 Å². The van der Waals surface area contributed by atoms with Crippen molar-refractivity contribution in [3.8, 4) is 22.8 Å². The molecule has 3 aromatic carbocycles. The lowest BCUT2D eigenvalue weighted by atomic mass is 9.97. The molecule has 0 unspecified atom stereocenters. The van der Waals surface area contributed by atoms with Crippen LogP contribution >= 0.6 is 0 Å². The van der Waals surface area contributed by atoms with E-state index in [9.17, 15) is 14.9 Å². The van der Waals surface area contributed by atoms with Crippen LogP contribution in [0.2, 0.25) is 0 Å². The number of carbonyl (C=O) groups is 1. The molecule has 4 aromatic rings. The number of nitrogens with zero attached hydrogens (tertiary/aromatic N) is 2. The second-order valence-electron chi connectivity index (χ2n) is 7.30. The molecular formula is C25H21N3O5. The lowest BCUT2D eigenvalue weighted by Gasteiger charge is -2.16. The van der Waals surface area contributed by atoms with Gasteiger partial charge in [0.05, 0.1) is 41.6 Å². The van der Waals surface area contributed by atoms with Gasteiger partial charge in [0, 0.05) is 23.1 Å². The van der Waals surface area contributed by atoms with Crippen molar-refractivity contribution in [2.24, 2.45) is 0 Å². The summed E-state index contributed by atoms with van der Waals surface area (Å²) in [5.41, 5.74) is 3.32. The Balaban J connectivity index is 1.85. The van der Waals surface area contributed by atoms with Gasteiger partial charge in [-0.3, -0.25) is 14.9 Å². The van der Waals surface area contributed by atoms with Crippen LogP contribution in [0.1, 0.15) is 15.9 Å². The topological polar surface area (TPSA) is 104 Å². The summed E-state index contributed by atoms with van der Waals surface area (Å²) in [6.07, 6.45) is 0. The predicted octanol–water partition coefficient (Wildman–Crippen LogP) is 5.39. The zero-order valence-corrected chi connectivity index (χ0v) is 18.3. The Kier molecular flexibility index (Phi) is 5.91. The summed E-state index contributed by atoms with van der Waals surface area (Å²) in [5, 5.41) is 14.7. The van der Waals surface area contributed by atoms with Gasteiger partial charge in [-0.15, -0.1) is 0 Å². The molecule has 0 saturated carbocycles. The first-order chi connectivity index (χ1) is 15.9. The molecule has 166 valence electrons. The molecule has 4 rings (SSSR count). The van der Waals surface area contributed by atoms with E-state index in [4.69, 9.17) is 14.5 Å². The highest BCUT2D eigenvalue weighted by Gasteiger charge is 2.21. The van der Waals surface area contributed by atoms with Gasteiger partial charge in [0.1, 0.15) is 11.5 Å². The second kappa shape index (κ2) is 8.96. The Morgan fingerprint density at radius 2 is 1.73 bits per heavy atom. The third-order valence-corrected chi connectivity index (χ3v) is 5.37. The van der Waals surface area contributed by atoms with Crippen LogP contribution in [0.3, 0.4) is 0 Å². The number of nitro groups is 1. The molecule has 1 heterocycles. The van der Waals surface area contributed by atoms with Crippen molar-refractivity contribution in [3.05, 3.63) is 88.0 Å². The van der Waals surface area contributed by atoms with E-state index in [0.29, 0.717) is 39.2 Å². The Morgan fingerprint density at radius 3 is 2.39 bits per heavy atom. The summed E-state index contributed by atoms with van der Waals surface area (Å²) in [6, 6.07) is 18.8. The van der Waals surface area contributed by atoms with E-state index in [0.717, 1.165) is 5.56 Å².